The van der Waals surface area contributed by atoms with Crippen LogP contribution in [0.2, 0.25) is 0 Å². The SMILES string of the molecule is Cc1cccc(NC(=O)COC(=O)c2cccc(CS(C)(=O)=O)c2)c1C. The molecule has 0 saturated carbocycles. The predicted molar refractivity (Wildman–Crippen MR) is 99.8 cm³/mol. The topological polar surface area (TPSA) is 89.5 Å². The number of anilines is 1. The Bertz CT molecular complexity index is 935. The lowest BCUT2D eigenvalue weighted by Crippen LogP contribution is -2.21. The molecule has 0 radical (unpaired) electrons. The quantitative estimate of drug-likeness (QED) is 0.784. The smallest absolute Gasteiger partial charge is 0.338 e. The highest BCUT2D eigenvalue weighted by Gasteiger charge is 2.13. The number of benzene rings is 2. The summed E-state index contributed by atoms with van der Waals surface area (Å²) in [7, 11) is -3.20. The number of carbonyl (C=O) groups is 2. The molecule has 0 aliphatic rings. The molecule has 0 saturated heterocycles. The van der Waals surface area contributed by atoms with E-state index in [-0.39, 0.29) is 11.3 Å². The Balaban J connectivity index is 1.97. The first kappa shape index (κ1) is 19.7. The second-order valence-corrected chi connectivity index (χ2v) is 8.28. The maximum Gasteiger partial charge on any atom is 0.338 e. The number of ether oxygens (including phenoxy) is 1. The third-order valence-corrected chi connectivity index (χ3v) is 4.66. The van der Waals surface area contributed by atoms with Gasteiger partial charge in [-0.2, -0.15) is 0 Å². The summed E-state index contributed by atoms with van der Waals surface area (Å²) in [5.41, 5.74) is 3.34. The highest BCUT2D eigenvalue weighted by Crippen LogP contribution is 2.17. The lowest BCUT2D eigenvalue weighted by molar-refractivity contribution is -0.119. The van der Waals surface area contributed by atoms with Gasteiger partial charge in [0.1, 0.15) is 0 Å². The average Bonchev–Trinajstić information content (AvgIpc) is 2.55. The fourth-order valence-corrected chi connectivity index (χ4v) is 3.16. The van der Waals surface area contributed by atoms with Gasteiger partial charge in [-0.15, -0.1) is 0 Å². The van der Waals surface area contributed by atoms with Gasteiger partial charge in [0.2, 0.25) is 0 Å². The zero-order valence-electron chi connectivity index (χ0n) is 14.9. The van der Waals surface area contributed by atoms with Crippen molar-refractivity contribution < 1.29 is 22.7 Å². The number of amides is 1. The van der Waals surface area contributed by atoms with E-state index < -0.39 is 28.3 Å². The third kappa shape index (κ3) is 5.70. The maximum absolute atomic E-state index is 12.1. The van der Waals surface area contributed by atoms with E-state index in [0.29, 0.717) is 11.3 Å². The number of hydrogen-bond donors (Lipinski definition) is 1. The molecule has 0 aliphatic carbocycles. The molecular formula is C19H21NO5S. The summed E-state index contributed by atoms with van der Waals surface area (Å²) in [6, 6.07) is 11.7. The normalized spacial score (nSPS) is 11.0. The van der Waals surface area contributed by atoms with Gasteiger partial charge in [-0.3, -0.25) is 4.79 Å². The lowest BCUT2D eigenvalue weighted by atomic mass is 10.1. The van der Waals surface area contributed by atoms with Gasteiger partial charge in [0, 0.05) is 11.9 Å². The minimum absolute atomic E-state index is 0.165. The molecule has 2 aromatic rings. The molecule has 138 valence electrons. The number of esters is 1. The van der Waals surface area contributed by atoms with Crippen molar-refractivity contribution in [3.63, 3.8) is 0 Å². The van der Waals surface area contributed by atoms with Gasteiger partial charge >= 0.3 is 5.97 Å². The minimum atomic E-state index is -3.20. The van der Waals surface area contributed by atoms with Crippen molar-refractivity contribution in [1.82, 2.24) is 0 Å². The first-order valence-electron chi connectivity index (χ1n) is 7.95. The predicted octanol–water partition coefficient (Wildman–Crippen LogP) is 2.64. The first-order valence-corrected chi connectivity index (χ1v) is 10.0. The standard InChI is InChI=1S/C19H21NO5S/c1-13-6-4-9-17(14(13)2)20-18(21)11-25-19(22)16-8-5-7-15(10-16)12-26(3,23)24/h4-10H,11-12H2,1-3H3,(H,20,21). The summed E-state index contributed by atoms with van der Waals surface area (Å²) in [4.78, 5) is 24.1. The van der Waals surface area contributed by atoms with Gasteiger partial charge in [-0.1, -0.05) is 24.3 Å². The van der Waals surface area contributed by atoms with Crippen molar-refractivity contribution in [3.05, 3.63) is 64.7 Å². The van der Waals surface area contributed by atoms with Crippen molar-refractivity contribution in [2.24, 2.45) is 0 Å². The van der Waals surface area contributed by atoms with Crippen molar-refractivity contribution in [3.8, 4) is 0 Å². The summed E-state index contributed by atoms with van der Waals surface area (Å²) < 4.78 is 27.7. The monoisotopic (exact) mass is 375 g/mol. The Kier molecular flexibility index (Phi) is 6.15. The summed E-state index contributed by atoms with van der Waals surface area (Å²) in [5.74, 6) is -1.29. The molecule has 0 spiro atoms. The maximum atomic E-state index is 12.1. The Morgan fingerprint density at radius 3 is 2.46 bits per heavy atom. The van der Waals surface area contributed by atoms with Crippen molar-refractivity contribution in [2.75, 3.05) is 18.2 Å². The Morgan fingerprint density at radius 2 is 1.77 bits per heavy atom. The van der Waals surface area contributed by atoms with Gasteiger partial charge in [0.05, 0.1) is 11.3 Å². The highest BCUT2D eigenvalue weighted by molar-refractivity contribution is 7.89. The molecule has 1 N–H and O–H groups in total. The Labute approximate surface area is 153 Å². The second kappa shape index (κ2) is 8.14. The minimum Gasteiger partial charge on any atom is -0.452 e. The molecule has 1 amide bonds. The Morgan fingerprint density at radius 1 is 1.08 bits per heavy atom. The van der Waals surface area contributed by atoms with E-state index in [2.05, 4.69) is 5.32 Å². The number of nitrogens with one attached hydrogen (secondary N) is 1. The van der Waals surface area contributed by atoms with Crippen molar-refractivity contribution in [1.29, 1.82) is 0 Å². The van der Waals surface area contributed by atoms with E-state index in [1.54, 1.807) is 18.2 Å². The van der Waals surface area contributed by atoms with Crippen LogP contribution in [0, 0.1) is 13.8 Å². The van der Waals surface area contributed by atoms with E-state index in [4.69, 9.17) is 4.74 Å². The second-order valence-electron chi connectivity index (χ2n) is 6.14. The van der Waals surface area contributed by atoms with Crippen LogP contribution in [0.25, 0.3) is 0 Å². The number of aryl methyl sites for hydroxylation is 1. The van der Waals surface area contributed by atoms with E-state index in [0.717, 1.165) is 17.4 Å². The molecule has 2 rings (SSSR count). The van der Waals surface area contributed by atoms with Crippen LogP contribution in [0.5, 0.6) is 0 Å². The molecule has 6 nitrogen and oxygen atoms in total. The Hall–Kier alpha value is -2.67. The largest absolute Gasteiger partial charge is 0.452 e. The van der Waals surface area contributed by atoms with Gasteiger partial charge in [0.25, 0.3) is 5.91 Å². The van der Waals surface area contributed by atoms with Crippen LogP contribution in [-0.2, 0) is 25.1 Å². The van der Waals surface area contributed by atoms with Crippen molar-refractivity contribution in [2.45, 2.75) is 19.6 Å². The van der Waals surface area contributed by atoms with Crippen LogP contribution in [0.3, 0.4) is 0 Å². The average molecular weight is 375 g/mol. The molecule has 0 aliphatic heterocycles. The zero-order chi connectivity index (χ0) is 19.3. The molecule has 0 fully saturated rings. The molecule has 0 atom stereocenters. The summed E-state index contributed by atoms with van der Waals surface area (Å²) in [5, 5.41) is 2.70. The van der Waals surface area contributed by atoms with Crippen molar-refractivity contribution >= 4 is 27.4 Å². The molecule has 26 heavy (non-hydrogen) atoms. The molecule has 0 heterocycles. The van der Waals surface area contributed by atoms with Crippen LogP contribution in [0.15, 0.2) is 42.5 Å². The number of rotatable bonds is 6. The van der Waals surface area contributed by atoms with Crippen LogP contribution in [-0.4, -0.2) is 33.2 Å². The lowest BCUT2D eigenvalue weighted by Gasteiger charge is -2.11. The van der Waals surface area contributed by atoms with Crippen LogP contribution in [0.4, 0.5) is 5.69 Å². The number of hydrogen-bond acceptors (Lipinski definition) is 5. The van der Waals surface area contributed by atoms with Gasteiger partial charge in [-0.25, -0.2) is 13.2 Å². The van der Waals surface area contributed by atoms with E-state index in [9.17, 15) is 18.0 Å². The molecule has 2 aromatic carbocycles. The fourth-order valence-electron chi connectivity index (χ4n) is 2.38. The van der Waals surface area contributed by atoms with E-state index >= 15 is 0 Å². The van der Waals surface area contributed by atoms with Gasteiger partial charge in [0.15, 0.2) is 16.4 Å². The van der Waals surface area contributed by atoms with Crippen LogP contribution >= 0.6 is 0 Å². The summed E-state index contributed by atoms with van der Waals surface area (Å²) in [6.07, 6.45) is 1.12. The fraction of sp³-hybridized carbons (Fsp3) is 0.263. The van der Waals surface area contributed by atoms with Gasteiger partial charge < -0.3 is 10.1 Å². The van der Waals surface area contributed by atoms with E-state index in [1.165, 1.54) is 12.1 Å². The summed E-state index contributed by atoms with van der Waals surface area (Å²) in [6.45, 7) is 3.40. The molecule has 0 unspecified atom stereocenters. The van der Waals surface area contributed by atoms with Crippen LogP contribution < -0.4 is 5.32 Å². The third-order valence-electron chi connectivity index (χ3n) is 3.80. The molecular weight excluding hydrogens is 354 g/mol. The van der Waals surface area contributed by atoms with Gasteiger partial charge in [-0.05, 0) is 48.7 Å². The highest BCUT2D eigenvalue weighted by atomic mass is 32.2. The summed E-state index contributed by atoms with van der Waals surface area (Å²) >= 11 is 0. The molecule has 0 aromatic heterocycles. The number of carbonyl (C=O) groups excluding carboxylic acids is 2. The van der Waals surface area contributed by atoms with E-state index in [1.807, 2.05) is 26.0 Å². The molecule has 7 heteroatoms. The number of sulfone groups is 1. The zero-order valence-corrected chi connectivity index (χ0v) is 15.7. The molecule has 0 bridgehead atoms. The first-order chi connectivity index (χ1) is 12.2. The van der Waals surface area contributed by atoms with Crippen LogP contribution in [0.1, 0.15) is 27.0 Å².